The summed E-state index contributed by atoms with van der Waals surface area (Å²) in [5.41, 5.74) is 0. The van der Waals surface area contributed by atoms with Gasteiger partial charge in [-0.1, -0.05) is 0 Å². The predicted molar refractivity (Wildman–Crippen MR) is 56.3 cm³/mol. The largest absolute Gasteiger partial charge is 0.301 e. The number of rotatable bonds is 2. The maximum Gasteiger partial charge on any atom is 0.272 e. The molecule has 2 saturated heterocycles. The minimum atomic E-state index is -2.41. The van der Waals surface area contributed by atoms with Gasteiger partial charge in [-0.05, 0) is 39.8 Å². The smallest absolute Gasteiger partial charge is 0.272 e. The summed E-state index contributed by atoms with van der Waals surface area (Å²) >= 11 is 0. The van der Waals surface area contributed by atoms with E-state index in [1.165, 1.54) is 0 Å². The van der Waals surface area contributed by atoms with Crippen molar-refractivity contribution in [1.82, 2.24) is 9.80 Å². The normalized spacial score (nSPS) is 29.4. The van der Waals surface area contributed by atoms with Crippen LogP contribution >= 0.6 is 0 Å². The number of alkyl halides is 2. The number of piperidine rings is 1. The molecule has 0 saturated carbocycles. The summed E-state index contributed by atoms with van der Waals surface area (Å²) in [7, 11) is 0. The van der Waals surface area contributed by atoms with Crippen molar-refractivity contribution < 1.29 is 8.78 Å². The molecule has 0 aromatic carbocycles. The van der Waals surface area contributed by atoms with Crippen molar-refractivity contribution in [2.45, 2.75) is 44.7 Å². The molecule has 2 nitrogen and oxygen atoms in total. The topological polar surface area (TPSA) is 6.48 Å². The molecule has 15 heavy (non-hydrogen) atoms. The van der Waals surface area contributed by atoms with E-state index in [-0.39, 0.29) is 13.1 Å². The van der Waals surface area contributed by atoms with E-state index in [0.717, 1.165) is 25.9 Å². The van der Waals surface area contributed by atoms with Gasteiger partial charge in [0.05, 0.1) is 13.1 Å². The fraction of sp³-hybridized carbons (Fsp3) is 1.00. The molecule has 2 heterocycles. The summed E-state index contributed by atoms with van der Waals surface area (Å²) in [5.74, 6) is -2.41. The third kappa shape index (κ3) is 2.48. The third-order valence-corrected chi connectivity index (χ3v) is 3.61. The SMILES string of the molecule is CC(C)N1CCC(N2CC(F)(F)C2)CC1. The highest BCUT2D eigenvalue weighted by Crippen LogP contribution is 2.31. The summed E-state index contributed by atoms with van der Waals surface area (Å²) in [6, 6.07) is 0.989. The molecule has 0 amide bonds. The van der Waals surface area contributed by atoms with Crippen LogP contribution in [0.2, 0.25) is 0 Å². The molecular formula is C11H20F2N2. The Morgan fingerprint density at radius 1 is 1.13 bits per heavy atom. The van der Waals surface area contributed by atoms with Crippen LogP contribution in [-0.2, 0) is 0 Å². The molecule has 2 aliphatic heterocycles. The molecule has 0 aromatic heterocycles. The van der Waals surface area contributed by atoms with Crippen molar-refractivity contribution in [1.29, 1.82) is 0 Å². The number of hydrogen-bond donors (Lipinski definition) is 0. The molecule has 0 radical (unpaired) electrons. The number of halogens is 2. The van der Waals surface area contributed by atoms with Gasteiger partial charge >= 0.3 is 0 Å². The predicted octanol–water partition coefficient (Wildman–Crippen LogP) is 1.81. The Morgan fingerprint density at radius 3 is 2.07 bits per heavy atom. The summed E-state index contributed by atoms with van der Waals surface area (Å²) in [4.78, 5) is 4.37. The summed E-state index contributed by atoms with van der Waals surface area (Å²) < 4.78 is 25.4. The van der Waals surface area contributed by atoms with Crippen LogP contribution in [0.1, 0.15) is 26.7 Å². The first kappa shape index (κ1) is 11.3. The zero-order chi connectivity index (χ0) is 11.1. The lowest BCUT2D eigenvalue weighted by molar-refractivity contribution is -0.151. The van der Waals surface area contributed by atoms with E-state index in [1.807, 2.05) is 4.90 Å². The van der Waals surface area contributed by atoms with Crippen molar-refractivity contribution in [2.75, 3.05) is 26.2 Å². The molecule has 0 N–H and O–H groups in total. The zero-order valence-electron chi connectivity index (χ0n) is 9.55. The molecule has 0 spiro atoms. The van der Waals surface area contributed by atoms with Gasteiger partial charge < -0.3 is 4.90 Å². The van der Waals surface area contributed by atoms with Crippen molar-refractivity contribution in [2.24, 2.45) is 0 Å². The van der Waals surface area contributed by atoms with Crippen LogP contribution in [0.4, 0.5) is 8.78 Å². The summed E-state index contributed by atoms with van der Waals surface area (Å²) in [5, 5.41) is 0. The Balaban J connectivity index is 1.75. The Labute approximate surface area is 90.2 Å². The zero-order valence-corrected chi connectivity index (χ0v) is 9.55. The highest BCUT2D eigenvalue weighted by Gasteiger charge is 2.46. The lowest BCUT2D eigenvalue weighted by Gasteiger charge is -2.47. The maximum absolute atomic E-state index is 12.7. The molecule has 4 heteroatoms. The fourth-order valence-corrected chi connectivity index (χ4v) is 2.57. The molecule has 88 valence electrons. The fourth-order valence-electron chi connectivity index (χ4n) is 2.57. The van der Waals surface area contributed by atoms with Crippen molar-refractivity contribution in [3.63, 3.8) is 0 Å². The summed E-state index contributed by atoms with van der Waals surface area (Å²) in [6.45, 7) is 6.48. The van der Waals surface area contributed by atoms with E-state index in [1.54, 1.807) is 0 Å². The molecule has 2 fully saturated rings. The van der Waals surface area contributed by atoms with Crippen LogP contribution in [0.5, 0.6) is 0 Å². The Hall–Kier alpha value is -0.220. The molecule has 2 rings (SSSR count). The molecule has 0 aliphatic carbocycles. The number of likely N-dealkylation sites (tertiary alicyclic amines) is 2. The molecule has 0 aromatic rings. The van der Waals surface area contributed by atoms with Gasteiger partial charge in [0.25, 0.3) is 5.92 Å². The van der Waals surface area contributed by atoms with Gasteiger partial charge in [-0.25, -0.2) is 8.78 Å². The lowest BCUT2D eigenvalue weighted by Crippen LogP contribution is -2.61. The van der Waals surface area contributed by atoms with Crippen molar-refractivity contribution >= 4 is 0 Å². The van der Waals surface area contributed by atoms with Gasteiger partial charge in [-0.15, -0.1) is 0 Å². The number of nitrogens with zero attached hydrogens (tertiary/aromatic N) is 2. The maximum atomic E-state index is 12.7. The van der Waals surface area contributed by atoms with Gasteiger partial charge in [0, 0.05) is 12.1 Å². The quantitative estimate of drug-likeness (QED) is 0.697. The van der Waals surface area contributed by atoms with Crippen molar-refractivity contribution in [3.05, 3.63) is 0 Å². The van der Waals surface area contributed by atoms with Crippen LogP contribution in [0.25, 0.3) is 0 Å². The molecule has 0 bridgehead atoms. The third-order valence-electron chi connectivity index (χ3n) is 3.61. The standard InChI is InChI=1S/C11H20F2N2/c1-9(2)14-5-3-10(4-6-14)15-7-11(12,13)8-15/h9-10H,3-8H2,1-2H3. The van der Waals surface area contributed by atoms with E-state index in [2.05, 4.69) is 18.7 Å². The van der Waals surface area contributed by atoms with Gasteiger partial charge in [-0.2, -0.15) is 0 Å². The van der Waals surface area contributed by atoms with Gasteiger partial charge in [0.15, 0.2) is 0 Å². The molecular weight excluding hydrogens is 198 g/mol. The minimum Gasteiger partial charge on any atom is -0.301 e. The van der Waals surface area contributed by atoms with E-state index >= 15 is 0 Å². The van der Waals surface area contributed by atoms with E-state index in [9.17, 15) is 8.78 Å². The van der Waals surface area contributed by atoms with Gasteiger partial charge in [-0.3, -0.25) is 4.90 Å². The first-order valence-electron chi connectivity index (χ1n) is 5.84. The Kier molecular flexibility index (Phi) is 2.99. The highest BCUT2D eigenvalue weighted by molar-refractivity contribution is 4.93. The van der Waals surface area contributed by atoms with Crippen LogP contribution in [0, 0.1) is 0 Å². The average molecular weight is 218 g/mol. The van der Waals surface area contributed by atoms with E-state index in [4.69, 9.17) is 0 Å². The first-order valence-corrected chi connectivity index (χ1v) is 5.84. The second kappa shape index (κ2) is 3.98. The van der Waals surface area contributed by atoms with Gasteiger partial charge in [0.2, 0.25) is 0 Å². The first-order chi connectivity index (χ1) is 6.98. The second-order valence-electron chi connectivity index (χ2n) is 5.12. The number of hydrogen-bond acceptors (Lipinski definition) is 2. The molecule has 0 unspecified atom stereocenters. The lowest BCUT2D eigenvalue weighted by atomic mass is 9.97. The van der Waals surface area contributed by atoms with Crippen LogP contribution in [0.3, 0.4) is 0 Å². The molecule has 0 atom stereocenters. The van der Waals surface area contributed by atoms with Gasteiger partial charge in [0.1, 0.15) is 0 Å². The second-order valence-corrected chi connectivity index (χ2v) is 5.12. The van der Waals surface area contributed by atoms with Crippen LogP contribution < -0.4 is 0 Å². The minimum absolute atomic E-state index is 0.0145. The monoisotopic (exact) mass is 218 g/mol. The average Bonchev–Trinajstić information content (AvgIpc) is 2.14. The van der Waals surface area contributed by atoms with E-state index < -0.39 is 5.92 Å². The molecule has 2 aliphatic rings. The Bertz CT molecular complexity index is 215. The summed E-state index contributed by atoms with van der Waals surface area (Å²) in [6.07, 6.45) is 2.10. The van der Waals surface area contributed by atoms with E-state index in [0.29, 0.717) is 12.1 Å². The van der Waals surface area contributed by atoms with Crippen molar-refractivity contribution in [3.8, 4) is 0 Å². The Morgan fingerprint density at radius 2 is 1.67 bits per heavy atom. The highest BCUT2D eigenvalue weighted by atomic mass is 19.3. The van der Waals surface area contributed by atoms with Crippen LogP contribution in [0.15, 0.2) is 0 Å². The van der Waals surface area contributed by atoms with Crippen LogP contribution in [-0.4, -0.2) is 54.0 Å².